The highest BCUT2D eigenvalue weighted by atomic mass is 16.6. The van der Waals surface area contributed by atoms with Gasteiger partial charge in [-0.05, 0) is 30.5 Å². The summed E-state index contributed by atoms with van der Waals surface area (Å²) in [6, 6.07) is 9.41. The number of fused-ring (bicyclic) bond motifs is 1. The van der Waals surface area contributed by atoms with Crippen LogP contribution in [-0.4, -0.2) is 38.7 Å². The first-order chi connectivity index (χ1) is 13.7. The Morgan fingerprint density at radius 2 is 2.07 bits per heavy atom. The van der Waals surface area contributed by atoms with Crippen molar-refractivity contribution in [3.8, 4) is 6.07 Å². The Bertz CT molecular complexity index is 919. The van der Waals surface area contributed by atoms with Crippen molar-refractivity contribution in [3.63, 3.8) is 0 Å². The van der Waals surface area contributed by atoms with Crippen molar-refractivity contribution in [2.45, 2.75) is 56.3 Å². The highest BCUT2D eigenvalue weighted by Gasteiger charge is 2.63. The second kappa shape index (κ2) is 6.66. The van der Waals surface area contributed by atoms with E-state index in [1.807, 2.05) is 17.0 Å². The van der Waals surface area contributed by atoms with Crippen LogP contribution in [0.3, 0.4) is 0 Å². The van der Waals surface area contributed by atoms with Gasteiger partial charge in [0.05, 0.1) is 42.3 Å². The van der Waals surface area contributed by atoms with E-state index >= 15 is 0 Å². The van der Waals surface area contributed by atoms with Gasteiger partial charge in [0.2, 0.25) is 0 Å². The molecule has 7 heteroatoms. The van der Waals surface area contributed by atoms with Gasteiger partial charge in [0, 0.05) is 25.2 Å². The van der Waals surface area contributed by atoms with Crippen molar-refractivity contribution < 1.29 is 14.3 Å². The highest BCUT2D eigenvalue weighted by molar-refractivity contribution is 5.89. The van der Waals surface area contributed by atoms with E-state index in [2.05, 4.69) is 16.0 Å². The Hall–Kier alpha value is -2.82. The van der Waals surface area contributed by atoms with Gasteiger partial charge in [0.1, 0.15) is 6.23 Å². The number of ether oxygens (including phenoxy) is 2. The second-order valence-corrected chi connectivity index (χ2v) is 7.65. The Morgan fingerprint density at radius 1 is 1.25 bits per heavy atom. The third kappa shape index (κ3) is 2.77. The van der Waals surface area contributed by atoms with E-state index in [1.54, 1.807) is 30.7 Å². The van der Waals surface area contributed by atoms with E-state index in [1.165, 1.54) is 0 Å². The smallest absolute Gasteiger partial charge is 0.257 e. The number of nitrogens with zero attached hydrogens (tertiary/aromatic N) is 4. The Kier molecular flexibility index (Phi) is 4.11. The van der Waals surface area contributed by atoms with Crippen LogP contribution in [0, 0.1) is 11.3 Å². The number of carbonyl (C=O) groups is 1. The molecule has 28 heavy (non-hydrogen) atoms. The lowest BCUT2D eigenvalue weighted by Crippen LogP contribution is -2.54. The number of aromatic nitrogens is 2. The fraction of sp³-hybridized carbons (Fsp3) is 0.429. The maximum Gasteiger partial charge on any atom is 0.257 e. The van der Waals surface area contributed by atoms with Crippen LogP contribution in [-0.2, 0) is 20.9 Å². The number of carbonyl (C=O) groups excluding carboxylic acids is 1. The van der Waals surface area contributed by atoms with Gasteiger partial charge in [-0.2, -0.15) is 5.26 Å². The van der Waals surface area contributed by atoms with E-state index in [-0.39, 0.29) is 24.3 Å². The molecule has 1 aliphatic carbocycles. The largest absolute Gasteiger partial charge is 0.373 e. The van der Waals surface area contributed by atoms with Crippen molar-refractivity contribution in [1.29, 1.82) is 5.26 Å². The molecule has 1 aromatic heterocycles. The third-order valence-electron chi connectivity index (χ3n) is 5.93. The third-order valence-corrected chi connectivity index (χ3v) is 5.93. The topological polar surface area (TPSA) is 88.3 Å². The molecule has 1 spiro atoms. The Balaban J connectivity index is 1.21. The summed E-state index contributed by atoms with van der Waals surface area (Å²) in [5, 5.41) is 8.86. The van der Waals surface area contributed by atoms with E-state index in [0.29, 0.717) is 25.0 Å². The predicted molar refractivity (Wildman–Crippen MR) is 97.4 cm³/mol. The SMILES string of the molecule is N#Cc1ccc(COC2CC3(C2)O[C@@H]2CC[C@@H](c4cnccn4)N2C3=O)cc1. The highest BCUT2D eigenvalue weighted by Crippen LogP contribution is 2.51. The number of rotatable bonds is 4. The molecule has 5 rings (SSSR count). The van der Waals surface area contributed by atoms with Crippen molar-refractivity contribution in [3.05, 3.63) is 59.7 Å². The van der Waals surface area contributed by atoms with E-state index in [0.717, 1.165) is 24.1 Å². The molecular formula is C21H20N4O3. The molecule has 3 fully saturated rings. The van der Waals surface area contributed by atoms with Crippen molar-refractivity contribution in [1.82, 2.24) is 14.9 Å². The van der Waals surface area contributed by atoms with Gasteiger partial charge < -0.3 is 14.4 Å². The van der Waals surface area contributed by atoms with Gasteiger partial charge in [0.15, 0.2) is 5.60 Å². The summed E-state index contributed by atoms with van der Waals surface area (Å²) in [5.41, 5.74) is 1.74. The molecule has 2 aromatic rings. The molecule has 1 aromatic carbocycles. The molecule has 3 aliphatic rings. The summed E-state index contributed by atoms with van der Waals surface area (Å²) in [6.45, 7) is 0.468. The molecule has 2 saturated heterocycles. The number of hydrogen-bond acceptors (Lipinski definition) is 6. The summed E-state index contributed by atoms with van der Waals surface area (Å²) < 4.78 is 12.1. The maximum atomic E-state index is 13.1. The fourth-order valence-corrected chi connectivity index (χ4v) is 4.44. The van der Waals surface area contributed by atoms with E-state index in [9.17, 15) is 4.79 Å². The summed E-state index contributed by atoms with van der Waals surface area (Å²) in [5.74, 6) is 0.0591. The zero-order valence-corrected chi connectivity index (χ0v) is 15.3. The average Bonchev–Trinajstić information content (AvgIpc) is 3.25. The normalized spacial score (nSPS) is 30.9. The first-order valence-electron chi connectivity index (χ1n) is 9.56. The summed E-state index contributed by atoms with van der Waals surface area (Å²) in [7, 11) is 0. The quantitative estimate of drug-likeness (QED) is 0.815. The number of amides is 1. The van der Waals surface area contributed by atoms with Gasteiger partial charge in [-0.15, -0.1) is 0 Å². The van der Waals surface area contributed by atoms with Gasteiger partial charge in [-0.1, -0.05) is 12.1 Å². The predicted octanol–water partition coefficient (Wildman–Crippen LogP) is 2.49. The monoisotopic (exact) mass is 376 g/mol. The zero-order valence-electron chi connectivity index (χ0n) is 15.3. The first kappa shape index (κ1) is 17.3. The van der Waals surface area contributed by atoms with Crippen molar-refractivity contribution in [2.75, 3.05) is 0 Å². The molecule has 3 heterocycles. The van der Waals surface area contributed by atoms with Crippen LogP contribution in [0.4, 0.5) is 0 Å². The van der Waals surface area contributed by atoms with Gasteiger partial charge >= 0.3 is 0 Å². The molecule has 0 bridgehead atoms. The Labute approximate surface area is 162 Å². The molecule has 1 saturated carbocycles. The molecule has 0 unspecified atom stereocenters. The molecule has 0 radical (unpaired) electrons. The van der Waals surface area contributed by atoms with Crippen LogP contribution >= 0.6 is 0 Å². The molecule has 2 atom stereocenters. The Morgan fingerprint density at radius 3 is 2.79 bits per heavy atom. The molecule has 0 N–H and O–H groups in total. The minimum atomic E-state index is -0.735. The van der Waals surface area contributed by atoms with E-state index in [4.69, 9.17) is 14.7 Å². The molecule has 1 amide bonds. The van der Waals surface area contributed by atoms with Crippen LogP contribution in [0.25, 0.3) is 0 Å². The number of benzene rings is 1. The minimum Gasteiger partial charge on any atom is -0.373 e. The van der Waals surface area contributed by atoms with Gasteiger partial charge in [0.25, 0.3) is 5.91 Å². The van der Waals surface area contributed by atoms with Crippen LogP contribution < -0.4 is 0 Å². The lowest BCUT2D eigenvalue weighted by molar-refractivity contribution is -0.177. The van der Waals surface area contributed by atoms with Gasteiger partial charge in [-0.3, -0.25) is 14.8 Å². The van der Waals surface area contributed by atoms with Crippen molar-refractivity contribution >= 4 is 5.91 Å². The number of nitriles is 1. The van der Waals surface area contributed by atoms with Crippen molar-refractivity contribution in [2.24, 2.45) is 0 Å². The standard InChI is InChI=1S/C21H20N4O3/c22-11-14-1-3-15(4-2-14)13-27-16-9-21(10-16)20(26)25-18(5-6-19(25)28-21)17-12-23-7-8-24-17/h1-4,7-8,12,16,18-19H,5-6,9-10,13H2/t16?,18-,19+,21?/m0/s1. The first-order valence-corrected chi connectivity index (χ1v) is 9.56. The molecule has 142 valence electrons. The van der Waals surface area contributed by atoms with E-state index < -0.39 is 5.60 Å². The summed E-state index contributed by atoms with van der Waals surface area (Å²) in [6.07, 6.45) is 7.72. The van der Waals surface area contributed by atoms with Crippen LogP contribution in [0.15, 0.2) is 42.9 Å². The molecule has 2 aliphatic heterocycles. The molecular weight excluding hydrogens is 356 g/mol. The molecule has 7 nitrogen and oxygen atoms in total. The second-order valence-electron chi connectivity index (χ2n) is 7.65. The lowest BCUT2D eigenvalue weighted by atomic mass is 9.76. The zero-order chi connectivity index (χ0) is 19.1. The summed E-state index contributed by atoms with van der Waals surface area (Å²) in [4.78, 5) is 23.5. The van der Waals surface area contributed by atoms with Crippen LogP contribution in [0.5, 0.6) is 0 Å². The lowest BCUT2D eigenvalue weighted by Gasteiger charge is -2.42. The van der Waals surface area contributed by atoms with Crippen LogP contribution in [0.2, 0.25) is 0 Å². The fourth-order valence-electron chi connectivity index (χ4n) is 4.44. The maximum absolute atomic E-state index is 13.1. The average molecular weight is 376 g/mol. The van der Waals surface area contributed by atoms with Gasteiger partial charge in [-0.25, -0.2) is 0 Å². The number of hydrogen-bond donors (Lipinski definition) is 0. The summed E-state index contributed by atoms with van der Waals surface area (Å²) >= 11 is 0. The van der Waals surface area contributed by atoms with Crippen LogP contribution in [0.1, 0.15) is 48.5 Å². The minimum absolute atomic E-state index is 0.00888.